The predicted octanol–water partition coefficient (Wildman–Crippen LogP) is 4.26. The number of methoxy groups -OCH3 is 1. The maximum absolute atomic E-state index is 13.6. The average molecular weight is 464 g/mol. The van der Waals surface area contributed by atoms with E-state index in [1.807, 2.05) is 0 Å². The predicted molar refractivity (Wildman–Crippen MR) is 106 cm³/mol. The van der Waals surface area contributed by atoms with Crippen LogP contribution in [-0.4, -0.2) is 47.3 Å². The number of anilines is 1. The van der Waals surface area contributed by atoms with Crippen LogP contribution in [0, 0.1) is 0 Å². The third-order valence-electron chi connectivity index (χ3n) is 4.66. The molecule has 0 aliphatic carbocycles. The number of fused-ring (bicyclic) bond motifs is 3. The lowest BCUT2D eigenvalue weighted by molar-refractivity contribution is -0.141. The second kappa shape index (κ2) is 7.70. The fourth-order valence-corrected chi connectivity index (χ4v) is 3.83. The number of nitrogens with zero attached hydrogens (tertiary/aromatic N) is 1. The third-order valence-corrected chi connectivity index (χ3v) is 5.03. The Hall–Kier alpha value is -2.82. The number of rotatable bonds is 3. The van der Waals surface area contributed by atoms with Crippen molar-refractivity contribution in [2.45, 2.75) is 38.5 Å². The lowest BCUT2D eigenvalue weighted by Gasteiger charge is -2.25. The minimum atomic E-state index is -4.91. The molecule has 8 nitrogen and oxygen atoms in total. The molecule has 31 heavy (non-hydrogen) atoms. The summed E-state index contributed by atoms with van der Waals surface area (Å²) >= 11 is 6.06. The molecule has 3 rings (SSSR count). The number of benzene rings is 1. The van der Waals surface area contributed by atoms with Crippen molar-refractivity contribution in [1.29, 1.82) is 0 Å². The lowest BCUT2D eigenvalue weighted by atomic mass is 9.95. The molecule has 2 aromatic rings. The van der Waals surface area contributed by atoms with Gasteiger partial charge >= 0.3 is 18.2 Å². The minimum absolute atomic E-state index is 0.0213. The molecular weight excluding hydrogens is 443 g/mol. The second-order valence-electron chi connectivity index (χ2n) is 8.02. The fourth-order valence-electron chi connectivity index (χ4n) is 3.58. The summed E-state index contributed by atoms with van der Waals surface area (Å²) in [6, 6.07) is 1.19. The number of halogens is 4. The molecule has 0 saturated heterocycles. The van der Waals surface area contributed by atoms with Crippen LogP contribution in [0.4, 0.5) is 23.7 Å². The molecule has 170 valence electrons. The molecule has 0 radical (unpaired) electrons. The van der Waals surface area contributed by atoms with Gasteiger partial charge in [-0.1, -0.05) is 0 Å². The van der Waals surface area contributed by atoms with Crippen molar-refractivity contribution in [1.82, 2.24) is 10.4 Å². The van der Waals surface area contributed by atoms with Crippen LogP contribution in [0.15, 0.2) is 6.07 Å². The van der Waals surface area contributed by atoms with E-state index in [9.17, 15) is 27.9 Å². The van der Waals surface area contributed by atoms with E-state index in [0.29, 0.717) is 0 Å². The zero-order valence-electron chi connectivity index (χ0n) is 17.1. The number of nitrogens with one attached hydrogen (secondary N) is 2. The highest BCUT2D eigenvalue weighted by molar-refractivity contribution is 6.19. The van der Waals surface area contributed by atoms with Crippen molar-refractivity contribution in [3.8, 4) is 5.75 Å². The summed E-state index contributed by atoms with van der Waals surface area (Å²) in [6.45, 7) is 5.09. The molecule has 0 bridgehead atoms. The van der Waals surface area contributed by atoms with Crippen molar-refractivity contribution in [3.63, 3.8) is 0 Å². The molecule has 1 aromatic carbocycles. The van der Waals surface area contributed by atoms with Gasteiger partial charge in [-0.3, -0.25) is 5.01 Å². The van der Waals surface area contributed by atoms with Crippen LogP contribution >= 0.6 is 11.6 Å². The van der Waals surface area contributed by atoms with Gasteiger partial charge in [-0.15, -0.1) is 11.6 Å². The first-order chi connectivity index (χ1) is 14.3. The van der Waals surface area contributed by atoms with Gasteiger partial charge in [0.2, 0.25) is 0 Å². The van der Waals surface area contributed by atoms with Crippen molar-refractivity contribution in [2.24, 2.45) is 0 Å². The molecule has 0 fully saturated rings. The van der Waals surface area contributed by atoms with Crippen molar-refractivity contribution in [3.05, 3.63) is 22.9 Å². The van der Waals surface area contributed by atoms with E-state index in [2.05, 4.69) is 15.1 Å². The molecule has 3 N–H and O–H groups in total. The van der Waals surface area contributed by atoms with Crippen LogP contribution in [0.1, 0.15) is 48.3 Å². The molecule has 1 aromatic heterocycles. The highest BCUT2D eigenvalue weighted by Crippen LogP contribution is 2.48. The largest absolute Gasteiger partial charge is 0.506 e. The first kappa shape index (κ1) is 22.9. The number of hydrazine groups is 1. The third kappa shape index (κ3) is 4.18. The Morgan fingerprint density at radius 2 is 2.00 bits per heavy atom. The van der Waals surface area contributed by atoms with Gasteiger partial charge in [-0.05, 0) is 26.3 Å². The number of carbonyl (C=O) groups excluding carboxylic acids is 2. The Morgan fingerprint density at radius 1 is 1.35 bits per heavy atom. The number of hydrogen-bond donors (Lipinski definition) is 3. The molecule has 0 saturated carbocycles. The number of alkyl halides is 4. The first-order valence-electron chi connectivity index (χ1n) is 9.18. The Morgan fingerprint density at radius 3 is 2.52 bits per heavy atom. The Labute approximate surface area is 180 Å². The number of aromatic amines is 1. The number of H-pyrrole nitrogens is 1. The molecule has 0 spiro atoms. The minimum Gasteiger partial charge on any atom is -0.506 e. The van der Waals surface area contributed by atoms with E-state index >= 15 is 0 Å². The van der Waals surface area contributed by atoms with Gasteiger partial charge in [0.1, 0.15) is 17.0 Å². The molecule has 1 atom stereocenters. The molecule has 2 heterocycles. The number of hydrogen-bond acceptors (Lipinski definition) is 6. The number of ether oxygens (including phenoxy) is 2. The van der Waals surface area contributed by atoms with Crippen LogP contribution in [0.3, 0.4) is 0 Å². The highest BCUT2D eigenvalue weighted by Gasteiger charge is 2.43. The monoisotopic (exact) mass is 463 g/mol. The van der Waals surface area contributed by atoms with E-state index in [0.717, 1.165) is 7.11 Å². The Bertz CT molecular complexity index is 1050. The highest BCUT2D eigenvalue weighted by atomic mass is 35.5. The SMILES string of the molecule is COC(=O)c1c(C(F)(F)F)[nH]c2c(O)cc3c(c12)[C@H](CCl)CN3NC(=O)OC(C)(C)C. The van der Waals surface area contributed by atoms with Crippen LogP contribution in [-0.2, 0) is 15.7 Å². The molecule has 12 heteroatoms. The van der Waals surface area contributed by atoms with Gasteiger partial charge in [-0.25, -0.2) is 15.0 Å². The summed E-state index contributed by atoms with van der Waals surface area (Å²) in [4.78, 5) is 26.6. The van der Waals surface area contributed by atoms with Gasteiger partial charge in [0, 0.05) is 29.8 Å². The number of phenolic OH excluding ortho intramolecular Hbond substituents is 1. The smallest absolute Gasteiger partial charge is 0.432 e. The zero-order chi connectivity index (χ0) is 23.3. The van der Waals surface area contributed by atoms with Gasteiger partial charge in [0.25, 0.3) is 0 Å². The van der Waals surface area contributed by atoms with Crippen LogP contribution in [0.2, 0.25) is 0 Å². The summed E-state index contributed by atoms with van der Waals surface area (Å²) < 4.78 is 50.7. The molecule has 0 unspecified atom stereocenters. The standard InChI is InChI=1S/C19H21ClF3N3O5/c1-18(2,3)31-17(29)25-26-7-8(6-20)11-9(26)5-10(27)14-12(11)13(16(28)30-4)15(24-14)19(21,22)23/h5,8,24,27H,6-7H2,1-4H3,(H,25,29)/t8-/m1/s1. The normalized spacial score (nSPS) is 16.4. The lowest BCUT2D eigenvalue weighted by Crippen LogP contribution is -2.44. The van der Waals surface area contributed by atoms with E-state index in [4.69, 9.17) is 16.3 Å². The van der Waals surface area contributed by atoms with Crippen LogP contribution < -0.4 is 10.4 Å². The summed E-state index contributed by atoms with van der Waals surface area (Å²) in [7, 11) is 0.958. The van der Waals surface area contributed by atoms with Crippen LogP contribution in [0.5, 0.6) is 5.75 Å². The number of phenols is 1. The number of carbonyl (C=O) groups is 2. The van der Waals surface area contributed by atoms with E-state index in [-0.39, 0.29) is 34.6 Å². The molecule has 1 aliphatic rings. The fraction of sp³-hybridized carbons (Fsp3) is 0.474. The summed E-state index contributed by atoms with van der Waals surface area (Å²) in [5, 5.41) is 11.6. The zero-order valence-corrected chi connectivity index (χ0v) is 17.9. The number of aromatic hydroxyl groups is 1. The maximum atomic E-state index is 13.6. The van der Waals surface area contributed by atoms with E-state index in [1.54, 1.807) is 20.8 Å². The summed E-state index contributed by atoms with van der Waals surface area (Å²) in [5.74, 6) is -2.35. The number of amides is 1. The summed E-state index contributed by atoms with van der Waals surface area (Å²) in [6.07, 6.45) is -5.71. The van der Waals surface area contributed by atoms with Gasteiger partial charge in [0.05, 0.1) is 23.9 Å². The quantitative estimate of drug-likeness (QED) is 0.464. The topological polar surface area (TPSA) is 104 Å². The first-order valence-corrected chi connectivity index (χ1v) is 9.72. The van der Waals surface area contributed by atoms with Gasteiger partial charge in [-0.2, -0.15) is 13.2 Å². The van der Waals surface area contributed by atoms with Crippen molar-refractivity contribution in [2.75, 3.05) is 24.5 Å². The van der Waals surface area contributed by atoms with Crippen molar-refractivity contribution < 1.29 is 37.3 Å². The molecule has 1 amide bonds. The van der Waals surface area contributed by atoms with Gasteiger partial charge < -0.3 is 19.6 Å². The molecule has 1 aliphatic heterocycles. The van der Waals surface area contributed by atoms with Gasteiger partial charge in [0.15, 0.2) is 0 Å². The average Bonchev–Trinajstić information content (AvgIpc) is 3.18. The number of aromatic nitrogens is 1. The molecular formula is C19H21ClF3N3O5. The second-order valence-corrected chi connectivity index (χ2v) is 8.33. The Balaban J connectivity index is 2.23. The van der Waals surface area contributed by atoms with E-state index < -0.39 is 46.8 Å². The summed E-state index contributed by atoms with van der Waals surface area (Å²) in [5.41, 5.74) is -0.200. The number of esters is 1. The maximum Gasteiger partial charge on any atom is 0.432 e. The van der Waals surface area contributed by atoms with Crippen molar-refractivity contribution >= 4 is 40.3 Å². The Kier molecular flexibility index (Phi) is 5.68. The van der Waals surface area contributed by atoms with E-state index in [1.165, 1.54) is 11.1 Å². The van der Waals surface area contributed by atoms with Crippen LogP contribution in [0.25, 0.3) is 10.9 Å².